The number of carbonyl (C=O) groups is 1. The van der Waals surface area contributed by atoms with E-state index in [1.54, 1.807) is 12.1 Å². The van der Waals surface area contributed by atoms with Crippen LogP contribution >= 0.6 is 11.6 Å². The van der Waals surface area contributed by atoms with Gasteiger partial charge in [0.25, 0.3) is 0 Å². The molecule has 0 radical (unpaired) electrons. The van der Waals surface area contributed by atoms with Crippen LogP contribution in [0.3, 0.4) is 0 Å². The normalized spacial score (nSPS) is 15.0. The van der Waals surface area contributed by atoms with Gasteiger partial charge in [0, 0.05) is 6.42 Å². The van der Waals surface area contributed by atoms with E-state index in [0.29, 0.717) is 17.4 Å². The van der Waals surface area contributed by atoms with E-state index in [-0.39, 0.29) is 5.91 Å². The van der Waals surface area contributed by atoms with Crippen LogP contribution < -0.4 is 5.32 Å². The Kier molecular flexibility index (Phi) is 3.16. The van der Waals surface area contributed by atoms with E-state index in [0.717, 1.165) is 12.3 Å². The first-order valence-corrected chi connectivity index (χ1v) is 5.41. The number of carbonyl (C=O) groups excluding carboxylic acids is 1. The third kappa shape index (κ3) is 3.47. The molecule has 1 heterocycles. The number of nitrogens with zero attached hydrogens (tertiary/aromatic N) is 2. The lowest BCUT2D eigenvalue weighted by Gasteiger charge is -2.02. The molecule has 1 amide bonds. The summed E-state index contributed by atoms with van der Waals surface area (Å²) in [7, 11) is 0. The SMILES string of the molecule is O=C(CCC1CC1)Nc1ccc(Cl)nn1. The lowest BCUT2D eigenvalue weighted by Crippen LogP contribution is -2.12. The molecule has 1 N–H and O–H groups in total. The van der Waals surface area contributed by atoms with Gasteiger partial charge < -0.3 is 5.32 Å². The van der Waals surface area contributed by atoms with Gasteiger partial charge in [-0.1, -0.05) is 24.4 Å². The average molecular weight is 226 g/mol. The molecule has 0 spiro atoms. The Labute approximate surface area is 93.0 Å². The van der Waals surface area contributed by atoms with Gasteiger partial charge in [-0.2, -0.15) is 0 Å². The van der Waals surface area contributed by atoms with Crippen LogP contribution in [0.2, 0.25) is 5.15 Å². The fraction of sp³-hybridized carbons (Fsp3) is 0.500. The topological polar surface area (TPSA) is 54.9 Å². The summed E-state index contributed by atoms with van der Waals surface area (Å²) in [4.78, 5) is 11.4. The van der Waals surface area contributed by atoms with Gasteiger partial charge in [-0.3, -0.25) is 4.79 Å². The molecular weight excluding hydrogens is 214 g/mol. The largest absolute Gasteiger partial charge is 0.309 e. The van der Waals surface area contributed by atoms with E-state index in [1.165, 1.54) is 12.8 Å². The molecule has 0 saturated heterocycles. The number of rotatable bonds is 4. The molecule has 5 heteroatoms. The van der Waals surface area contributed by atoms with E-state index in [9.17, 15) is 4.79 Å². The monoisotopic (exact) mass is 225 g/mol. The Morgan fingerprint density at radius 1 is 1.47 bits per heavy atom. The molecule has 0 atom stereocenters. The lowest BCUT2D eigenvalue weighted by molar-refractivity contribution is -0.116. The van der Waals surface area contributed by atoms with Gasteiger partial charge in [0.15, 0.2) is 11.0 Å². The molecule has 15 heavy (non-hydrogen) atoms. The maximum atomic E-state index is 11.4. The van der Waals surface area contributed by atoms with Crippen molar-refractivity contribution in [1.82, 2.24) is 10.2 Å². The van der Waals surface area contributed by atoms with Gasteiger partial charge in [0.05, 0.1) is 0 Å². The highest BCUT2D eigenvalue weighted by Gasteiger charge is 2.21. The molecule has 1 aromatic rings. The summed E-state index contributed by atoms with van der Waals surface area (Å²) < 4.78 is 0. The molecule has 2 rings (SSSR count). The van der Waals surface area contributed by atoms with Crippen LogP contribution in [0.25, 0.3) is 0 Å². The molecule has 0 bridgehead atoms. The van der Waals surface area contributed by atoms with Crippen molar-refractivity contribution >= 4 is 23.3 Å². The number of hydrogen-bond acceptors (Lipinski definition) is 3. The summed E-state index contributed by atoms with van der Waals surface area (Å²) in [5, 5.41) is 10.4. The molecule has 1 fully saturated rings. The molecular formula is C10H12ClN3O. The number of amides is 1. The number of nitrogens with one attached hydrogen (secondary N) is 1. The van der Waals surface area contributed by atoms with Crippen molar-refractivity contribution in [2.45, 2.75) is 25.7 Å². The first-order valence-electron chi connectivity index (χ1n) is 5.03. The molecule has 0 aromatic carbocycles. The second-order valence-electron chi connectivity index (χ2n) is 3.77. The first kappa shape index (κ1) is 10.4. The summed E-state index contributed by atoms with van der Waals surface area (Å²) in [6, 6.07) is 3.25. The number of hydrogen-bond donors (Lipinski definition) is 1. The smallest absolute Gasteiger partial charge is 0.225 e. The number of anilines is 1. The van der Waals surface area contributed by atoms with Crippen LogP contribution in [0.4, 0.5) is 5.82 Å². The van der Waals surface area contributed by atoms with Crippen molar-refractivity contribution in [2.24, 2.45) is 5.92 Å². The van der Waals surface area contributed by atoms with Crippen molar-refractivity contribution in [3.63, 3.8) is 0 Å². The quantitative estimate of drug-likeness (QED) is 0.855. The van der Waals surface area contributed by atoms with Crippen LogP contribution in [0.15, 0.2) is 12.1 Å². The molecule has 0 aliphatic heterocycles. The predicted molar refractivity (Wildman–Crippen MR) is 57.6 cm³/mol. The second-order valence-corrected chi connectivity index (χ2v) is 4.16. The highest BCUT2D eigenvalue weighted by Crippen LogP contribution is 2.33. The van der Waals surface area contributed by atoms with Crippen molar-refractivity contribution < 1.29 is 4.79 Å². The fourth-order valence-corrected chi connectivity index (χ4v) is 1.43. The van der Waals surface area contributed by atoms with Gasteiger partial charge in [-0.15, -0.1) is 10.2 Å². The third-order valence-electron chi connectivity index (χ3n) is 2.38. The van der Waals surface area contributed by atoms with Crippen molar-refractivity contribution in [3.8, 4) is 0 Å². The Bertz CT molecular complexity index is 348. The maximum Gasteiger partial charge on any atom is 0.225 e. The standard InChI is InChI=1S/C10H12ClN3O/c11-8-4-5-9(14-13-8)12-10(15)6-3-7-1-2-7/h4-5,7H,1-3,6H2,(H,12,14,15). The lowest BCUT2D eigenvalue weighted by atomic mass is 10.2. The van der Waals surface area contributed by atoms with Gasteiger partial charge in [0.2, 0.25) is 5.91 Å². The highest BCUT2D eigenvalue weighted by molar-refractivity contribution is 6.29. The molecule has 1 saturated carbocycles. The van der Waals surface area contributed by atoms with Gasteiger partial charge in [-0.25, -0.2) is 0 Å². The molecule has 1 aromatic heterocycles. The van der Waals surface area contributed by atoms with Crippen molar-refractivity contribution in [2.75, 3.05) is 5.32 Å². The second kappa shape index (κ2) is 4.57. The van der Waals surface area contributed by atoms with E-state index in [1.807, 2.05) is 0 Å². The zero-order valence-electron chi connectivity index (χ0n) is 8.24. The average Bonchev–Trinajstić information content (AvgIpc) is 3.02. The fourth-order valence-electron chi connectivity index (χ4n) is 1.33. The van der Waals surface area contributed by atoms with E-state index in [4.69, 9.17) is 11.6 Å². The Morgan fingerprint density at radius 3 is 2.87 bits per heavy atom. The van der Waals surface area contributed by atoms with Gasteiger partial charge >= 0.3 is 0 Å². The molecule has 0 unspecified atom stereocenters. The minimum atomic E-state index is -0.00137. The summed E-state index contributed by atoms with van der Waals surface area (Å²) in [6.07, 6.45) is 4.09. The number of aromatic nitrogens is 2. The third-order valence-corrected chi connectivity index (χ3v) is 2.58. The van der Waals surface area contributed by atoms with Crippen LogP contribution in [0.5, 0.6) is 0 Å². The first-order chi connectivity index (χ1) is 7.24. The minimum Gasteiger partial charge on any atom is -0.309 e. The predicted octanol–water partition coefficient (Wildman–Crippen LogP) is 2.26. The van der Waals surface area contributed by atoms with Crippen LogP contribution in [0.1, 0.15) is 25.7 Å². The van der Waals surface area contributed by atoms with Crippen LogP contribution in [0, 0.1) is 5.92 Å². The summed E-state index contributed by atoms with van der Waals surface area (Å²) in [5.41, 5.74) is 0. The molecule has 1 aliphatic carbocycles. The van der Waals surface area contributed by atoms with E-state index < -0.39 is 0 Å². The van der Waals surface area contributed by atoms with E-state index >= 15 is 0 Å². The van der Waals surface area contributed by atoms with Crippen molar-refractivity contribution in [1.29, 1.82) is 0 Å². The molecule has 1 aliphatic rings. The Balaban J connectivity index is 1.79. The van der Waals surface area contributed by atoms with Gasteiger partial charge in [0.1, 0.15) is 0 Å². The van der Waals surface area contributed by atoms with Crippen LogP contribution in [-0.2, 0) is 4.79 Å². The summed E-state index contributed by atoms with van der Waals surface area (Å²) >= 11 is 5.57. The van der Waals surface area contributed by atoms with E-state index in [2.05, 4.69) is 15.5 Å². The van der Waals surface area contributed by atoms with Gasteiger partial charge in [-0.05, 0) is 24.5 Å². The van der Waals surface area contributed by atoms with Crippen molar-refractivity contribution in [3.05, 3.63) is 17.3 Å². The van der Waals surface area contributed by atoms with Crippen LogP contribution in [-0.4, -0.2) is 16.1 Å². The highest BCUT2D eigenvalue weighted by atomic mass is 35.5. The zero-order chi connectivity index (χ0) is 10.7. The number of halogens is 1. The Hall–Kier alpha value is -1.16. The summed E-state index contributed by atoms with van der Waals surface area (Å²) in [5.74, 6) is 1.23. The zero-order valence-corrected chi connectivity index (χ0v) is 9.00. The summed E-state index contributed by atoms with van der Waals surface area (Å²) in [6.45, 7) is 0. The molecule has 80 valence electrons. The minimum absolute atomic E-state index is 0.00137. The Morgan fingerprint density at radius 2 is 2.27 bits per heavy atom. The maximum absolute atomic E-state index is 11.4. The molecule has 4 nitrogen and oxygen atoms in total.